The summed E-state index contributed by atoms with van der Waals surface area (Å²) < 4.78 is 0. The molecule has 4 N–H and O–H groups in total. The number of aromatic hydroxyl groups is 1. The molecule has 1 saturated heterocycles. The Morgan fingerprint density at radius 2 is 2.07 bits per heavy atom. The van der Waals surface area contributed by atoms with Gasteiger partial charge in [-0.3, -0.25) is 14.5 Å². The molecule has 0 spiro atoms. The van der Waals surface area contributed by atoms with E-state index >= 15 is 0 Å². The summed E-state index contributed by atoms with van der Waals surface area (Å²) in [6.45, 7) is 3.04. The van der Waals surface area contributed by atoms with Gasteiger partial charge in [0.05, 0.1) is 11.2 Å². The molecule has 2 bridgehead atoms. The number of rotatable bonds is 3. The van der Waals surface area contributed by atoms with Crippen LogP contribution in [0.5, 0.6) is 5.75 Å². The second-order valence-corrected chi connectivity index (χ2v) is 9.37. The summed E-state index contributed by atoms with van der Waals surface area (Å²) in [7, 11) is 0. The van der Waals surface area contributed by atoms with E-state index < -0.39 is 16.9 Å². The third kappa shape index (κ3) is 2.22. The van der Waals surface area contributed by atoms with Crippen LogP contribution in [0.4, 0.5) is 0 Å². The molecular formula is C22H28N2O4. The van der Waals surface area contributed by atoms with Crippen molar-refractivity contribution in [3.8, 4) is 5.75 Å². The van der Waals surface area contributed by atoms with Crippen LogP contribution in [-0.2, 0) is 16.6 Å². The number of aliphatic hydroxyl groups is 1. The summed E-state index contributed by atoms with van der Waals surface area (Å²) in [4.78, 5) is 26.8. The van der Waals surface area contributed by atoms with Crippen LogP contribution < -0.4 is 5.73 Å². The van der Waals surface area contributed by atoms with E-state index in [-0.39, 0.29) is 29.6 Å². The van der Waals surface area contributed by atoms with Crippen molar-refractivity contribution >= 4 is 11.7 Å². The lowest BCUT2D eigenvalue weighted by molar-refractivity contribution is -0.179. The molecular weight excluding hydrogens is 356 g/mol. The fourth-order valence-electron chi connectivity index (χ4n) is 6.48. The molecule has 6 heteroatoms. The van der Waals surface area contributed by atoms with E-state index in [1.54, 1.807) is 6.07 Å². The summed E-state index contributed by atoms with van der Waals surface area (Å²) in [5, 5.41) is 23.1. The molecule has 4 atom stereocenters. The molecule has 1 aromatic carbocycles. The summed E-state index contributed by atoms with van der Waals surface area (Å²) >= 11 is 0. The molecule has 5 rings (SSSR count). The number of likely N-dealkylation sites (tertiary alicyclic amines) is 1. The molecule has 1 amide bonds. The molecule has 28 heavy (non-hydrogen) atoms. The van der Waals surface area contributed by atoms with E-state index in [2.05, 4.69) is 11.8 Å². The maximum Gasteiger partial charge on any atom is 0.252 e. The van der Waals surface area contributed by atoms with Gasteiger partial charge < -0.3 is 15.9 Å². The first-order valence-electron chi connectivity index (χ1n) is 10.4. The van der Waals surface area contributed by atoms with Crippen LogP contribution in [0.3, 0.4) is 0 Å². The van der Waals surface area contributed by atoms with Gasteiger partial charge >= 0.3 is 0 Å². The highest BCUT2D eigenvalue weighted by Crippen LogP contribution is 2.60. The van der Waals surface area contributed by atoms with E-state index in [4.69, 9.17) is 5.73 Å². The predicted octanol–water partition coefficient (Wildman–Crippen LogP) is 1.64. The van der Waals surface area contributed by atoms with E-state index in [0.29, 0.717) is 43.2 Å². The van der Waals surface area contributed by atoms with E-state index in [0.717, 1.165) is 12.1 Å². The van der Waals surface area contributed by atoms with Crippen molar-refractivity contribution in [1.29, 1.82) is 0 Å². The van der Waals surface area contributed by atoms with Crippen LogP contribution in [0, 0.1) is 5.92 Å². The number of primary amides is 1. The van der Waals surface area contributed by atoms with Gasteiger partial charge in [-0.25, -0.2) is 0 Å². The Kier molecular flexibility index (Phi) is 3.75. The first-order chi connectivity index (χ1) is 13.3. The number of nitrogens with two attached hydrogens (primary N) is 1. The smallest absolute Gasteiger partial charge is 0.252 e. The zero-order valence-corrected chi connectivity index (χ0v) is 16.3. The van der Waals surface area contributed by atoms with Crippen molar-refractivity contribution in [3.05, 3.63) is 28.8 Å². The van der Waals surface area contributed by atoms with Crippen molar-refractivity contribution < 1.29 is 19.8 Å². The molecule has 0 radical (unpaired) electrons. The fraction of sp³-hybridized carbons (Fsp3) is 0.636. The average molecular weight is 384 g/mol. The molecule has 1 aromatic rings. The molecule has 3 fully saturated rings. The number of phenols is 1. The Morgan fingerprint density at radius 3 is 2.75 bits per heavy atom. The Morgan fingerprint density at radius 1 is 1.32 bits per heavy atom. The van der Waals surface area contributed by atoms with Gasteiger partial charge in [0.2, 0.25) is 0 Å². The quantitative estimate of drug-likeness (QED) is 0.735. The monoisotopic (exact) mass is 384 g/mol. The Bertz CT molecular complexity index is 880. The van der Waals surface area contributed by atoms with Gasteiger partial charge in [0, 0.05) is 35.9 Å². The van der Waals surface area contributed by atoms with Crippen molar-refractivity contribution in [2.24, 2.45) is 11.7 Å². The number of nitrogens with zero attached hydrogens (tertiary/aromatic N) is 1. The average Bonchev–Trinajstić information content (AvgIpc) is 3.46. The molecule has 0 aromatic heterocycles. The van der Waals surface area contributed by atoms with Crippen LogP contribution in [0.2, 0.25) is 0 Å². The number of piperidine rings is 1. The topological polar surface area (TPSA) is 104 Å². The number of Topliss-reactive ketones (excluding diaryl/α,β-unsaturated/α-hetero) is 1. The number of hydrogen-bond donors (Lipinski definition) is 3. The normalized spacial score (nSPS) is 35.8. The van der Waals surface area contributed by atoms with E-state index in [1.165, 1.54) is 12.8 Å². The van der Waals surface area contributed by atoms with Crippen molar-refractivity contribution in [1.82, 2.24) is 4.90 Å². The highest BCUT2D eigenvalue weighted by Gasteiger charge is 2.66. The molecule has 2 saturated carbocycles. The van der Waals surface area contributed by atoms with Gasteiger partial charge in [-0.15, -0.1) is 0 Å². The van der Waals surface area contributed by atoms with Crippen LogP contribution >= 0.6 is 0 Å². The number of benzene rings is 1. The summed E-state index contributed by atoms with van der Waals surface area (Å²) in [5.41, 5.74) is 5.14. The maximum atomic E-state index is 12.5. The number of carbonyl (C=O) groups is 2. The van der Waals surface area contributed by atoms with Crippen molar-refractivity contribution in [3.63, 3.8) is 0 Å². The molecule has 3 unspecified atom stereocenters. The lowest BCUT2D eigenvalue weighted by atomic mass is 9.49. The Hall–Kier alpha value is -1.92. The summed E-state index contributed by atoms with van der Waals surface area (Å²) in [6, 6.07) is 3.77. The van der Waals surface area contributed by atoms with Gasteiger partial charge in [-0.05, 0) is 63.1 Å². The minimum atomic E-state index is -1.08. The number of fused-ring (bicyclic) bond motifs is 1. The largest absolute Gasteiger partial charge is 0.507 e. The number of hydrogen-bond acceptors (Lipinski definition) is 5. The summed E-state index contributed by atoms with van der Waals surface area (Å²) in [5.74, 6) is -0.0261. The zero-order valence-electron chi connectivity index (χ0n) is 16.3. The van der Waals surface area contributed by atoms with Gasteiger partial charge in [0.15, 0.2) is 0 Å². The number of ketones is 1. The fourth-order valence-corrected chi connectivity index (χ4v) is 6.48. The number of amides is 1. The van der Waals surface area contributed by atoms with Gasteiger partial charge in [0.25, 0.3) is 5.91 Å². The van der Waals surface area contributed by atoms with Crippen LogP contribution in [-0.4, -0.2) is 51.0 Å². The third-order valence-electron chi connectivity index (χ3n) is 8.11. The SMILES string of the molecule is C[C@@H](C1CC1)N1CCC23CC(=O)CCC2(O)C1Cc1ccc(C(N)=O)c(O)c13. The second kappa shape index (κ2) is 5.80. The first-order valence-corrected chi connectivity index (χ1v) is 10.4. The standard InChI is InChI=1S/C22H28N2O4/c1-12(13-2-3-13)24-9-8-21-11-15(25)6-7-22(21,28)17(24)10-14-4-5-16(20(23)27)19(26)18(14)21/h4-5,12-13,17,26,28H,2-3,6-11H2,1H3,(H2,23,27)/t12-,17?,21?,22?/m0/s1. The highest BCUT2D eigenvalue weighted by molar-refractivity contribution is 5.96. The lowest BCUT2D eigenvalue weighted by Crippen LogP contribution is -2.74. The summed E-state index contributed by atoms with van der Waals surface area (Å²) in [6.07, 6.45) is 4.69. The van der Waals surface area contributed by atoms with Crippen LogP contribution in [0.1, 0.15) is 66.9 Å². The minimum absolute atomic E-state index is 0.0701. The predicted molar refractivity (Wildman–Crippen MR) is 103 cm³/mol. The minimum Gasteiger partial charge on any atom is -0.507 e. The van der Waals surface area contributed by atoms with Gasteiger partial charge in [-0.1, -0.05) is 6.07 Å². The van der Waals surface area contributed by atoms with Crippen LogP contribution in [0.15, 0.2) is 12.1 Å². The first kappa shape index (κ1) is 18.1. The van der Waals surface area contributed by atoms with Crippen molar-refractivity contribution in [2.45, 2.75) is 75.0 Å². The van der Waals surface area contributed by atoms with Gasteiger partial charge in [0.1, 0.15) is 11.5 Å². The maximum absolute atomic E-state index is 12.5. The van der Waals surface area contributed by atoms with Crippen molar-refractivity contribution in [2.75, 3.05) is 6.54 Å². The molecule has 1 aliphatic heterocycles. The molecule has 6 nitrogen and oxygen atoms in total. The number of carbonyl (C=O) groups excluding carboxylic acids is 2. The molecule has 150 valence electrons. The molecule has 4 aliphatic rings. The highest BCUT2D eigenvalue weighted by atomic mass is 16.3. The Labute approximate surface area is 164 Å². The van der Waals surface area contributed by atoms with E-state index in [9.17, 15) is 19.8 Å². The second-order valence-electron chi connectivity index (χ2n) is 9.37. The Balaban J connectivity index is 1.70. The zero-order chi connectivity index (χ0) is 19.8. The lowest BCUT2D eigenvalue weighted by Gasteiger charge is -2.64. The molecule has 1 heterocycles. The van der Waals surface area contributed by atoms with Gasteiger partial charge in [-0.2, -0.15) is 0 Å². The van der Waals surface area contributed by atoms with Crippen LogP contribution in [0.25, 0.3) is 0 Å². The third-order valence-corrected chi connectivity index (χ3v) is 8.11. The van der Waals surface area contributed by atoms with E-state index in [1.807, 2.05) is 6.07 Å². The molecule has 3 aliphatic carbocycles.